The van der Waals surface area contributed by atoms with Crippen molar-refractivity contribution in [3.8, 4) is 0 Å². The molecule has 0 aromatic carbocycles. The van der Waals surface area contributed by atoms with E-state index < -0.39 is 0 Å². The average molecular weight is 147 g/mol. The second-order valence-electron chi connectivity index (χ2n) is 0.0962. The van der Waals surface area contributed by atoms with Gasteiger partial charge in [-0.25, -0.2) is 0 Å². The summed E-state index contributed by atoms with van der Waals surface area (Å²) in [5.41, 5.74) is 0. The van der Waals surface area contributed by atoms with Gasteiger partial charge in [0.25, 0.3) is 0 Å². The van der Waals surface area contributed by atoms with Crippen molar-refractivity contribution in [3.63, 3.8) is 0 Å². The van der Waals surface area contributed by atoms with Crippen molar-refractivity contribution < 1.29 is 56.5 Å². The van der Waals surface area contributed by atoms with E-state index in [0.29, 0.717) is 5.11 Å². The van der Waals surface area contributed by atoms with Gasteiger partial charge in [0, 0.05) is 0 Å². The van der Waals surface area contributed by atoms with Crippen molar-refractivity contribution in [3.05, 3.63) is 0 Å². The van der Waals surface area contributed by atoms with Crippen LogP contribution in [-0.4, -0.2) is 20.7 Å². The van der Waals surface area contributed by atoms with Crippen molar-refractivity contribution in [2.75, 3.05) is 0 Å². The molecule has 0 heterocycles. The van der Waals surface area contributed by atoms with E-state index in [2.05, 4.69) is 15.6 Å². The van der Waals surface area contributed by atoms with Gasteiger partial charge in [-0.2, -0.15) is 0 Å². The minimum atomic E-state index is 0. The molecule has 0 aliphatic carbocycles. The minimum absolute atomic E-state index is 0. The fourth-order valence-corrected chi connectivity index (χ4v) is 0. The van der Waals surface area contributed by atoms with Gasteiger partial charge in [-0.05, 0) is 0 Å². The van der Waals surface area contributed by atoms with E-state index in [0.717, 1.165) is 0 Å². The summed E-state index contributed by atoms with van der Waals surface area (Å²) in [7, 11) is 0. The van der Waals surface area contributed by atoms with Gasteiger partial charge in [0.05, 0.1) is 0 Å². The van der Waals surface area contributed by atoms with Gasteiger partial charge in [-0.3, -0.25) is 0 Å². The standard InChI is InChI=1S/CH2OSe.K/c2-1-3;/h1H,(H,2,3);/q;+1/p-1. The summed E-state index contributed by atoms with van der Waals surface area (Å²) in [6.45, 7) is 0. The summed E-state index contributed by atoms with van der Waals surface area (Å²) in [6, 6.07) is 0. The first kappa shape index (κ1) is 9.27. The Balaban J connectivity index is 0. The second-order valence-corrected chi connectivity index (χ2v) is 0.500. The van der Waals surface area contributed by atoms with Crippen LogP contribution in [0.3, 0.4) is 0 Å². The Morgan fingerprint density at radius 3 is 1.75 bits per heavy atom. The van der Waals surface area contributed by atoms with Gasteiger partial charge < -0.3 is 0 Å². The Bertz CT molecular complexity index is 15.5. The quantitative estimate of drug-likeness (QED) is 0.316. The van der Waals surface area contributed by atoms with E-state index in [1.165, 1.54) is 0 Å². The number of hydrogen-bond donors (Lipinski definition) is 0. The maximum atomic E-state index is 8.75. The van der Waals surface area contributed by atoms with Crippen molar-refractivity contribution >= 4 is 20.7 Å². The summed E-state index contributed by atoms with van der Waals surface area (Å²) < 4.78 is 0. The van der Waals surface area contributed by atoms with Crippen LogP contribution >= 0.6 is 0 Å². The molecular formula is CHKOSe. The zero-order chi connectivity index (χ0) is 2.71. The van der Waals surface area contributed by atoms with Crippen LogP contribution in [0, 0.1) is 0 Å². The maximum absolute atomic E-state index is 8.75. The van der Waals surface area contributed by atoms with Gasteiger partial charge in [0.15, 0.2) is 0 Å². The molecule has 1 nitrogen and oxygen atoms in total. The third-order valence-electron chi connectivity index (χ3n) is 0. The Morgan fingerprint density at radius 2 is 1.75 bits per heavy atom. The van der Waals surface area contributed by atoms with Gasteiger partial charge >= 0.3 is 77.2 Å². The van der Waals surface area contributed by atoms with Crippen LogP contribution in [0.4, 0.5) is 0 Å². The summed E-state index contributed by atoms with van der Waals surface area (Å²) in [5.74, 6) is 0. The van der Waals surface area contributed by atoms with Gasteiger partial charge in [-0.15, -0.1) is 0 Å². The van der Waals surface area contributed by atoms with Gasteiger partial charge in [0.2, 0.25) is 0 Å². The van der Waals surface area contributed by atoms with Crippen LogP contribution in [0.25, 0.3) is 0 Å². The molecule has 0 radical (unpaired) electrons. The molecule has 0 saturated heterocycles. The monoisotopic (exact) mass is 148 g/mol. The number of hydrogen-bond acceptors (Lipinski definition) is 1. The molecule has 0 saturated carbocycles. The summed E-state index contributed by atoms with van der Waals surface area (Å²) >= 11 is 2.12. The van der Waals surface area contributed by atoms with Crippen LogP contribution in [0.2, 0.25) is 0 Å². The molecule has 0 aliphatic heterocycles. The Kier molecular flexibility index (Phi) is 20.5. The first-order chi connectivity index (χ1) is 1.41. The molecule has 18 valence electrons. The SMILES string of the molecule is [K+].[O-]C=[Se]. The molecule has 0 unspecified atom stereocenters. The first-order valence-corrected chi connectivity index (χ1v) is 1.46. The molecule has 0 aliphatic rings. The van der Waals surface area contributed by atoms with E-state index in [9.17, 15) is 0 Å². The third kappa shape index (κ3) is 9.16. The van der Waals surface area contributed by atoms with Crippen LogP contribution < -0.4 is 56.5 Å². The molecule has 0 N–H and O–H groups in total. The Morgan fingerprint density at radius 1 is 1.75 bits per heavy atom. The molecule has 0 aromatic heterocycles. The van der Waals surface area contributed by atoms with Crippen LogP contribution in [-0.2, 0) is 0 Å². The van der Waals surface area contributed by atoms with Gasteiger partial charge in [0.1, 0.15) is 0 Å². The molecule has 0 fully saturated rings. The van der Waals surface area contributed by atoms with Crippen molar-refractivity contribution in [1.82, 2.24) is 0 Å². The fraction of sp³-hybridized carbons (Fsp3) is 0. The number of rotatable bonds is 0. The predicted octanol–water partition coefficient (Wildman–Crippen LogP) is -4.72. The Hall–Kier alpha value is 1.83. The van der Waals surface area contributed by atoms with Crippen molar-refractivity contribution in [2.24, 2.45) is 0 Å². The second kappa shape index (κ2) is 8.85. The van der Waals surface area contributed by atoms with Crippen molar-refractivity contribution in [1.29, 1.82) is 0 Å². The summed E-state index contributed by atoms with van der Waals surface area (Å²) in [5, 5.41) is 9.38. The van der Waals surface area contributed by atoms with E-state index in [1.54, 1.807) is 0 Å². The zero-order valence-corrected chi connectivity index (χ0v) is 7.23. The average Bonchev–Trinajstić information content (AvgIpc) is 0.918. The topological polar surface area (TPSA) is 23.1 Å². The van der Waals surface area contributed by atoms with E-state index in [1.807, 2.05) is 0 Å². The van der Waals surface area contributed by atoms with Crippen LogP contribution in [0.1, 0.15) is 0 Å². The third-order valence-corrected chi connectivity index (χ3v) is 0. The normalized spacial score (nSPS) is 3.00. The molecule has 0 rings (SSSR count). The van der Waals surface area contributed by atoms with E-state index in [-0.39, 0.29) is 51.4 Å². The van der Waals surface area contributed by atoms with E-state index in [4.69, 9.17) is 5.11 Å². The molecule has 0 bridgehead atoms. The molecule has 4 heavy (non-hydrogen) atoms. The molecule has 3 heteroatoms. The first-order valence-electron chi connectivity index (χ1n) is 0.471. The molecule has 0 amide bonds. The molecular weight excluding hydrogens is 146 g/mol. The summed E-state index contributed by atoms with van der Waals surface area (Å²) in [6.07, 6.45) is 0. The Labute approximate surface area is 75.6 Å². The molecule has 0 atom stereocenters. The fourth-order valence-electron chi connectivity index (χ4n) is 0. The predicted molar refractivity (Wildman–Crippen MR) is 11.8 cm³/mol. The molecule has 0 spiro atoms. The van der Waals surface area contributed by atoms with E-state index >= 15 is 0 Å². The van der Waals surface area contributed by atoms with Crippen LogP contribution in [0.5, 0.6) is 0 Å². The van der Waals surface area contributed by atoms with Gasteiger partial charge in [-0.1, -0.05) is 0 Å². The van der Waals surface area contributed by atoms with Crippen LogP contribution in [0.15, 0.2) is 0 Å². The molecule has 0 aromatic rings. The summed E-state index contributed by atoms with van der Waals surface area (Å²) in [4.78, 5) is 0. The van der Waals surface area contributed by atoms with Crippen molar-refractivity contribution in [2.45, 2.75) is 0 Å². The zero-order valence-electron chi connectivity index (χ0n) is 2.39.